The Bertz CT molecular complexity index is 888. The summed E-state index contributed by atoms with van der Waals surface area (Å²) in [6, 6.07) is 12.1. The average Bonchev–Trinajstić information content (AvgIpc) is 2.98. The lowest BCUT2D eigenvalue weighted by Crippen LogP contribution is -2.07. The van der Waals surface area contributed by atoms with E-state index < -0.39 is 5.82 Å². The maximum absolute atomic E-state index is 13.6. The van der Waals surface area contributed by atoms with Crippen molar-refractivity contribution in [2.75, 3.05) is 11.9 Å². The number of hydrogen-bond donors (Lipinski definition) is 1. The van der Waals surface area contributed by atoms with Gasteiger partial charge in [0.25, 0.3) is 0 Å². The first-order chi connectivity index (χ1) is 11.7. The van der Waals surface area contributed by atoms with Gasteiger partial charge < -0.3 is 4.74 Å². The minimum absolute atomic E-state index is 0.272. The number of rotatable bonds is 5. The lowest BCUT2D eigenvalue weighted by Gasteiger charge is -2.02. The van der Waals surface area contributed by atoms with Crippen LogP contribution in [-0.4, -0.2) is 17.5 Å². The van der Waals surface area contributed by atoms with Gasteiger partial charge >= 0.3 is 0 Å². The molecule has 0 saturated heterocycles. The van der Waals surface area contributed by atoms with Crippen molar-refractivity contribution < 1.29 is 13.9 Å². The van der Waals surface area contributed by atoms with Crippen LogP contribution in [0.5, 0.6) is 5.75 Å². The molecule has 0 saturated carbocycles. The second kappa shape index (κ2) is 7.23. The van der Waals surface area contributed by atoms with Crippen LogP contribution >= 0.6 is 11.3 Å². The maximum Gasteiger partial charge on any atom is 0.250 e. The molecule has 0 bridgehead atoms. The van der Waals surface area contributed by atoms with Crippen molar-refractivity contribution in [2.24, 2.45) is 0 Å². The topological polar surface area (TPSA) is 51.2 Å². The molecule has 0 aliphatic rings. The third kappa shape index (κ3) is 3.78. The second-order valence-corrected chi connectivity index (χ2v) is 5.96. The minimum atomic E-state index is -0.394. The number of hydrogen-bond acceptors (Lipinski definition) is 4. The zero-order valence-electron chi connectivity index (χ0n) is 13.0. The van der Waals surface area contributed by atoms with Gasteiger partial charge in [0.05, 0.1) is 11.3 Å². The standard InChI is InChI=1S/C18H15FN2O2S/c1-2-23-13-9-6-12(7-10-13)8-11-16(22)20-18-21-17-14(19)4-3-5-15(17)24-18/h3-11H,2H2,1H3,(H,20,21,22)/b11-8+. The molecular formula is C18H15FN2O2S. The molecule has 2 aromatic carbocycles. The van der Waals surface area contributed by atoms with Crippen LogP contribution in [0.1, 0.15) is 12.5 Å². The second-order valence-electron chi connectivity index (χ2n) is 4.93. The summed E-state index contributed by atoms with van der Waals surface area (Å²) < 4.78 is 19.7. The first-order valence-corrected chi connectivity index (χ1v) is 8.24. The Hall–Kier alpha value is -2.73. The van der Waals surface area contributed by atoms with Gasteiger partial charge in [-0.1, -0.05) is 29.5 Å². The lowest BCUT2D eigenvalue weighted by atomic mass is 10.2. The van der Waals surface area contributed by atoms with E-state index >= 15 is 0 Å². The number of benzene rings is 2. The first kappa shape index (κ1) is 16.1. The number of fused-ring (bicyclic) bond motifs is 1. The molecule has 0 atom stereocenters. The molecule has 0 unspecified atom stereocenters. The number of thiazole rings is 1. The van der Waals surface area contributed by atoms with E-state index in [0.717, 1.165) is 11.3 Å². The van der Waals surface area contributed by atoms with Crippen molar-refractivity contribution >= 4 is 38.7 Å². The molecule has 1 amide bonds. The zero-order valence-corrected chi connectivity index (χ0v) is 13.8. The van der Waals surface area contributed by atoms with E-state index in [2.05, 4.69) is 10.3 Å². The van der Waals surface area contributed by atoms with Gasteiger partial charge in [-0.3, -0.25) is 10.1 Å². The fourth-order valence-corrected chi connectivity index (χ4v) is 3.01. The SMILES string of the molecule is CCOc1ccc(/C=C/C(=O)Nc2nc3c(F)cccc3s2)cc1. The quantitative estimate of drug-likeness (QED) is 0.695. The van der Waals surface area contributed by atoms with E-state index in [1.165, 1.54) is 23.5 Å². The summed E-state index contributed by atoms with van der Waals surface area (Å²) >= 11 is 1.24. The largest absolute Gasteiger partial charge is 0.494 e. The number of anilines is 1. The van der Waals surface area contributed by atoms with Gasteiger partial charge in [-0.2, -0.15) is 0 Å². The zero-order chi connectivity index (χ0) is 16.9. The van der Waals surface area contributed by atoms with Crippen LogP contribution in [0.3, 0.4) is 0 Å². The Morgan fingerprint density at radius 3 is 2.79 bits per heavy atom. The molecule has 122 valence electrons. The summed E-state index contributed by atoms with van der Waals surface area (Å²) in [4.78, 5) is 16.1. The molecule has 3 aromatic rings. The van der Waals surface area contributed by atoms with Crippen molar-refractivity contribution in [1.29, 1.82) is 0 Å². The number of amides is 1. The monoisotopic (exact) mass is 342 g/mol. The predicted molar refractivity (Wildman–Crippen MR) is 94.9 cm³/mol. The lowest BCUT2D eigenvalue weighted by molar-refractivity contribution is -0.111. The maximum atomic E-state index is 13.6. The van der Waals surface area contributed by atoms with Gasteiger partial charge in [-0.05, 0) is 42.8 Å². The highest BCUT2D eigenvalue weighted by Crippen LogP contribution is 2.27. The van der Waals surface area contributed by atoms with Crippen molar-refractivity contribution in [2.45, 2.75) is 6.92 Å². The molecule has 3 rings (SSSR count). The molecular weight excluding hydrogens is 327 g/mol. The molecule has 6 heteroatoms. The predicted octanol–water partition coefficient (Wildman–Crippen LogP) is 4.49. The van der Waals surface area contributed by atoms with E-state index in [-0.39, 0.29) is 11.4 Å². The Morgan fingerprint density at radius 1 is 1.29 bits per heavy atom. The molecule has 1 N–H and O–H groups in total. The van der Waals surface area contributed by atoms with Crippen LogP contribution in [0.2, 0.25) is 0 Å². The van der Waals surface area contributed by atoms with E-state index in [4.69, 9.17) is 4.74 Å². The molecule has 0 aliphatic heterocycles. The number of nitrogens with one attached hydrogen (secondary N) is 1. The molecule has 0 aliphatic carbocycles. The van der Waals surface area contributed by atoms with E-state index in [1.54, 1.807) is 18.2 Å². The van der Waals surface area contributed by atoms with Crippen molar-refractivity contribution in [1.82, 2.24) is 4.98 Å². The van der Waals surface area contributed by atoms with Crippen molar-refractivity contribution in [3.63, 3.8) is 0 Å². The molecule has 24 heavy (non-hydrogen) atoms. The number of para-hydroxylation sites is 1. The third-order valence-electron chi connectivity index (χ3n) is 3.22. The average molecular weight is 342 g/mol. The van der Waals surface area contributed by atoms with E-state index in [9.17, 15) is 9.18 Å². The Labute approximate surface area is 142 Å². The van der Waals surface area contributed by atoms with Crippen molar-refractivity contribution in [3.8, 4) is 5.75 Å². The molecule has 1 aromatic heterocycles. The van der Waals surface area contributed by atoms with Gasteiger partial charge in [-0.15, -0.1) is 0 Å². The van der Waals surface area contributed by atoms with Crippen LogP contribution in [0, 0.1) is 5.82 Å². The highest BCUT2D eigenvalue weighted by molar-refractivity contribution is 7.22. The number of carbonyl (C=O) groups is 1. The number of aromatic nitrogens is 1. The Kier molecular flexibility index (Phi) is 4.86. The van der Waals surface area contributed by atoms with Crippen LogP contribution in [0.4, 0.5) is 9.52 Å². The van der Waals surface area contributed by atoms with Gasteiger partial charge in [0.15, 0.2) is 5.13 Å². The summed E-state index contributed by atoms with van der Waals surface area (Å²) in [5.74, 6) is 0.0770. The molecule has 0 fully saturated rings. The summed E-state index contributed by atoms with van der Waals surface area (Å²) in [6.45, 7) is 2.53. The van der Waals surface area contributed by atoms with Gasteiger partial charge in [0.1, 0.15) is 17.1 Å². The summed E-state index contributed by atoms with van der Waals surface area (Å²) in [7, 11) is 0. The number of carbonyl (C=O) groups excluding carboxylic acids is 1. The number of ether oxygens (including phenoxy) is 1. The summed E-state index contributed by atoms with van der Waals surface area (Å²) in [6.07, 6.45) is 3.11. The first-order valence-electron chi connectivity index (χ1n) is 7.42. The van der Waals surface area contributed by atoms with Crippen molar-refractivity contribution in [3.05, 3.63) is 59.9 Å². The molecule has 0 radical (unpaired) electrons. The van der Waals surface area contributed by atoms with Crippen LogP contribution < -0.4 is 10.1 Å². The number of nitrogens with zero attached hydrogens (tertiary/aromatic N) is 1. The smallest absolute Gasteiger partial charge is 0.250 e. The Morgan fingerprint density at radius 2 is 2.08 bits per heavy atom. The highest BCUT2D eigenvalue weighted by Gasteiger charge is 2.09. The normalized spacial score (nSPS) is 11.1. The third-order valence-corrected chi connectivity index (χ3v) is 4.15. The summed E-state index contributed by atoms with van der Waals surface area (Å²) in [5.41, 5.74) is 1.15. The minimum Gasteiger partial charge on any atom is -0.494 e. The van der Waals surface area contributed by atoms with Crippen LogP contribution in [-0.2, 0) is 4.79 Å². The molecule has 0 spiro atoms. The van der Waals surface area contributed by atoms with Gasteiger partial charge in [-0.25, -0.2) is 9.37 Å². The van der Waals surface area contributed by atoms with E-state index in [1.807, 2.05) is 31.2 Å². The number of halogens is 1. The fraction of sp³-hybridized carbons (Fsp3) is 0.111. The summed E-state index contributed by atoms with van der Waals surface area (Å²) in [5, 5.41) is 3.02. The van der Waals surface area contributed by atoms with Gasteiger partial charge in [0.2, 0.25) is 5.91 Å². The molecule has 1 heterocycles. The van der Waals surface area contributed by atoms with Gasteiger partial charge in [0, 0.05) is 6.08 Å². The fourth-order valence-electron chi connectivity index (χ4n) is 2.13. The highest BCUT2D eigenvalue weighted by atomic mass is 32.1. The Balaban J connectivity index is 1.66. The van der Waals surface area contributed by atoms with E-state index in [0.29, 0.717) is 16.4 Å². The van der Waals surface area contributed by atoms with Crippen LogP contribution in [0.15, 0.2) is 48.5 Å². The van der Waals surface area contributed by atoms with Crippen LogP contribution in [0.25, 0.3) is 16.3 Å². The molecule has 4 nitrogen and oxygen atoms in total.